The first-order valence-corrected chi connectivity index (χ1v) is 13.2. The van der Waals surface area contributed by atoms with E-state index in [1.165, 1.54) is 17.0 Å². The molecule has 3 N–H and O–H groups in total. The van der Waals surface area contributed by atoms with Crippen LogP contribution < -0.4 is 10.6 Å². The van der Waals surface area contributed by atoms with E-state index < -0.39 is 29.7 Å². The van der Waals surface area contributed by atoms with Gasteiger partial charge in [-0.15, -0.1) is 0 Å². The molecule has 0 aliphatic carbocycles. The number of phenols is 1. The summed E-state index contributed by atoms with van der Waals surface area (Å²) in [6.07, 6.45) is 1.73. The fraction of sp³-hybridized carbons (Fsp3) is 0.464. The number of carbonyl (C=O) groups excluding carboxylic acids is 3. The van der Waals surface area contributed by atoms with Crippen molar-refractivity contribution in [2.75, 3.05) is 12.3 Å². The van der Waals surface area contributed by atoms with Gasteiger partial charge in [-0.3, -0.25) is 9.59 Å². The summed E-state index contributed by atoms with van der Waals surface area (Å²) in [6, 6.07) is 13.7. The number of aromatic hydroxyl groups is 1. The maximum atomic E-state index is 13.8. The van der Waals surface area contributed by atoms with E-state index in [9.17, 15) is 19.5 Å². The molecule has 0 aromatic heterocycles. The third kappa shape index (κ3) is 9.99. The van der Waals surface area contributed by atoms with Gasteiger partial charge in [-0.05, 0) is 50.5 Å². The van der Waals surface area contributed by atoms with E-state index in [0.717, 1.165) is 18.4 Å². The average molecular weight is 530 g/mol. The van der Waals surface area contributed by atoms with Crippen LogP contribution in [0, 0.1) is 0 Å². The topological polar surface area (TPSA) is 108 Å². The zero-order valence-corrected chi connectivity index (χ0v) is 23.0. The molecule has 9 heteroatoms. The van der Waals surface area contributed by atoms with Crippen molar-refractivity contribution < 1.29 is 24.2 Å². The quantitative estimate of drug-likeness (QED) is 0.238. The lowest BCUT2D eigenvalue weighted by Crippen LogP contribution is -2.54. The van der Waals surface area contributed by atoms with Gasteiger partial charge in [-0.1, -0.05) is 62.2 Å². The van der Waals surface area contributed by atoms with E-state index in [0.29, 0.717) is 18.5 Å². The Morgan fingerprint density at radius 2 is 1.68 bits per heavy atom. The fourth-order valence-electron chi connectivity index (χ4n) is 3.75. The number of hydrogen-bond acceptors (Lipinski definition) is 6. The number of benzene rings is 2. The van der Waals surface area contributed by atoms with Crippen molar-refractivity contribution in [3.05, 3.63) is 65.7 Å². The lowest BCUT2D eigenvalue weighted by Gasteiger charge is -2.34. The molecule has 2 aromatic carbocycles. The highest BCUT2D eigenvalue weighted by atomic mass is 32.1. The maximum Gasteiger partial charge on any atom is 0.408 e. The van der Waals surface area contributed by atoms with Gasteiger partial charge in [0.05, 0.1) is 0 Å². The summed E-state index contributed by atoms with van der Waals surface area (Å²) in [5.41, 5.74) is 0.730. The number of alkyl carbamates (subject to hydrolysis) is 1. The van der Waals surface area contributed by atoms with Crippen LogP contribution >= 0.6 is 12.6 Å². The van der Waals surface area contributed by atoms with Crippen LogP contribution in [-0.4, -0.2) is 51.9 Å². The van der Waals surface area contributed by atoms with Gasteiger partial charge in [-0.25, -0.2) is 4.79 Å². The number of carbonyl (C=O) groups is 3. The molecule has 0 bridgehead atoms. The Morgan fingerprint density at radius 1 is 1.03 bits per heavy atom. The van der Waals surface area contributed by atoms with Crippen molar-refractivity contribution in [2.45, 2.75) is 71.2 Å². The Balaban J connectivity index is 2.38. The van der Waals surface area contributed by atoms with E-state index in [-0.39, 0.29) is 24.0 Å². The fourth-order valence-corrected chi connectivity index (χ4v) is 3.99. The van der Waals surface area contributed by atoms with Gasteiger partial charge in [0, 0.05) is 18.8 Å². The predicted molar refractivity (Wildman–Crippen MR) is 147 cm³/mol. The summed E-state index contributed by atoms with van der Waals surface area (Å²) in [4.78, 5) is 41.3. The molecule has 2 atom stereocenters. The molecular formula is C28H39N3O5S. The smallest absolute Gasteiger partial charge is 0.408 e. The highest BCUT2D eigenvalue weighted by Crippen LogP contribution is 2.25. The molecule has 0 aliphatic heterocycles. The lowest BCUT2D eigenvalue weighted by atomic mass is 10.0. The van der Waals surface area contributed by atoms with Gasteiger partial charge in [0.1, 0.15) is 23.4 Å². The summed E-state index contributed by atoms with van der Waals surface area (Å²) in [7, 11) is 0. The first-order valence-electron chi connectivity index (χ1n) is 12.6. The van der Waals surface area contributed by atoms with E-state index in [1.54, 1.807) is 32.9 Å². The summed E-state index contributed by atoms with van der Waals surface area (Å²) in [5, 5.41) is 15.4. The largest absolute Gasteiger partial charge is 0.508 e. The predicted octanol–water partition coefficient (Wildman–Crippen LogP) is 4.59. The van der Waals surface area contributed by atoms with Crippen LogP contribution in [0.15, 0.2) is 54.6 Å². The standard InChI is InChI=1S/C28H39N3O5S/c1-5-6-10-17-31(26(34)23(19-37)30-27(35)36-28(2,3)4)24(21-13-15-22(32)16-14-21)25(33)29-18-20-11-8-7-9-12-20/h7-9,11-16,23-24,32,37H,5-6,10,17-19H2,1-4H3,(H,29,33)(H,30,35). The summed E-state index contributed by atoms with van der Waals surface area (Å²) in [5.74, 6) is -0.730. The minimum atomic E-state index is -0.999. The van der Waals surface area contributed by atoms with Gasteiger partial charge in [0.2, 0.25) is 11.8 Å². The Bertz CT molecular complexity index is 1010. The van der Waals surface area contributed by atoms with Crippen molar-refractivity contribution in [1.82, 2.24) is 15.5 Å². The second kappa shape index (κ2) is 14.5. The van der Waals surface area contributed by atoms with Crippen LogP contribution in [0.25, 0.3) is 0 Å². The van der Waals surface area contributed by atoms with Crippen LogP contribution in [-0.2, 0) is 20.9 Å². The first kappa shape index (κ1) is 30.0. The van der Waals surface area contributed by atoms with Crippen LogP contribution in [0.4, 0.5) is 4.79 Å². The second-order valence-electron chi connectivity index (χ2n) is 9.82. The third-order valence-electron chi connectivity index (χ3n) is 5.54. The molecule has 202 valence electrons. The highest BCUT2D eigenvalue weighted by molar-refractivity contribution is 7.80. The van der Waals surface area contributed by atoms with Crippen LogP contribution in [0.1, 0.15) is 64.1 Å². The van der Waals surface area contributed by atoms with Crippen molar-refractivity contribution >= 4 is 30.5 Å². The zero-order valence-electron chi connectivity index (χ0n) is 22.1. The molecule has 0 radical (unpaired) electrons. The number of phenolic OH excluding ortho intramolecular Hbond substituents is 1. The molecule has 2 unspecified atom stereocenters. The van der Waals surface area contributed by atoms with Crippen molar-refractivity contribution in [3.8, 4) is 5.75 Å². The van der Waals surface area contributed by atoms with Crippen LogP contribution in [0.5, 0.6) is 5.75 Å². The first-order chi connectivity index (χ1) is 17.6. The minimum absolute atomic E-state index is 0.0241. The van der Waals surface area contributed by atoms with Crippen molar-refractivity contribution in [3.63, 3.8) is 0 Å². The van der Waals surface area contributed by atoms with E-state index in [4.69, 9.17) is 4.74 Å². The molecule has 0 fully saturated rings. The van der Waals surface area contributed by atoms with Crippen LogP contribution in [0.2, 0.25) is 0 Å². The Morgan fingerprint density at radius 3 is 2.24 bits per heavy atom. The molecule has 37 heavy (non-hydrogen) atoms. The monoisotopic (exact) mass is 529 g/mol. The molecule has 8 nitrogen and oxygen atoms in total. The van der Waals surface area contributed by atoms with E-state index in [2.05, 4.69) is 30.2 Å². The van der Waals surface area contributed by atoms with E-state index in [1.807, 2.05) is 30.3 Å². The Hall–Kier alpha value is -3.20. The molecular weight excluding hydrogens is 490 g/mol. The number of unbranched alkanes of at least 4 members (excludes halogenated alkanes) is 2. The number of rotatable bonds is 12. The molecule has 2 rings (SSSR count). The zero-order chi connectivity index (χ0) is 27.4. The molecule has 0 heterocycles. The van der Waals surface area contributed by atoms with Crippen molar-refractivity contribution in [2.24, 2.45) is 0 Å². The SMILES string of the molecule is CCCCCN(C(=O)C(CS)NC(=O)OC(C)(C)C)C(C(=O)NCc1ccccc1)c1ccc(O)cc1. The summed E-state index contributed by atoms with van der Waals surface area (Å²) >= 11 is 4.30. The summed E-state index contributed by atoms with van der Waals surface area (Å²) in [6.45, 7) is 7.85. The van der Waals surface area contributed by atoms with E-state index >= 15 is 0 Å². The third-order valence-corrected chi connectivity index (χ3v) is 5.90. The molecule has 0 saturated carbocycles. The lowest BCUT2D eigenvalue weighted by molar-refractivity contribution is -0.142. The van der Waals surface area contributed by atoms with Gasteiger partial charge in [0.25, 0.3) is 0 Å². The van der Waals surface area contributed by atoms with Crippen molar-refractivity contribution in [1.29, 1.82) is 0 Å². The highest BCUT2D eigenvalue weighted by Gasteiger charge is 2.35. The van der Waals surface area contributed by atoms with Gasteiger partial charge < -0.3 is 25.4 Å². The molecule has 2 aromatic rings. The molecule has 0 spiro atoms. The number of nitrogens with one attached hydrogen (secondary N) is 2. The Kier molecular flexibility index (Phi) is 11.8. The number of nitrogens with zero attached hydrogens (tertiary/aromatic N) is 1. The van der Waals surface area contributed by atoms with Gasteiger partial charge in [-0.2, -0.15) is 12.6 Å². The second-order valence-corrected chi connectivity index (χ2v) is 10.2. The van der Waals surface area contributed by atoms with Gasteiger partial charge >= 0.3 is 6.09 Å². The van der Waals surface area contributed by atoms with Gasteiger partial charge in [0.15, 0.2) is 0 Å². The molecule has 0 aliphatic rings. The molecule has 0 saturated heterocycles. The number of ether oxygens (including phenoxy) is 1. The van der Waals surface area contributed by atoms with Crippen LogP contribution in [0.3, 0.4) is 0 Å². The minimum Gasteiger partial charge on any atom is -0.508 e. The number of thiol groups is 1. The molecule has 3 amide bonds. The average Bonchev–Trinajstić information content (AvgIpc) is 2.85. The number of hydrogen-bond donors (Lipinski definition) is 4. The Labute approximate surface area is 225 Å². The normalized spacial score (nSPS) is 12.8. The number of amides is 3. The summed E-state index contributed by atoms with van der Waals surface area (Å²) < 4.78 is 5.33. The maximum absolute atomic E-state index is 13.8.